The van der Waals surface area contributed by atoms with Crippen LogP contribution in [0.15, 0.2) is 53.7 Å². The number of hydrogen-bond acceptors (Lipinski definition) is 10. The lowest BCUT2D eigenvalue weighted by atomic mass is 10.1. The van der Waals surface area contributed by atoms with Gasteiger partial charge in [-0.15, -0.1) is 0 Å². The van der Waals surface area contributed by atoms with Crippen molar-refractivity contribution in [2.24, 2.45) is 0 Å². The Balaban J connectivity index is 1.23. The summed E-state index contributed by atoms with van der Waals surface area (Å²) in [6.07, 6.45) is 3.31. The van der Waals surface area contributed by atoms with Gasteiger partial charge in [0, 0.05) is 40.0 Å². The zero-order valence-corrected chi connectivity index (χ0v) is 23.9. The summed E-state index contributed by atoms with van der Waals surface area (Å²) >= 11 is 6.27. The van der Waals surface area contributed by atoms with Gasteiger partial charge in [-0.25, -0.2) is 22.8 Å². The Morgan fingerprint density at radius 2 is 2.10 bits per heavy atom. The third kappa shape index (κ3) is 5.19. The van der Waals surface area contributed by atoms with Crippen LogP contribution in [0.4, 0.5) is 16.0 Å². The predicted octanol–water partition coefficient (Wildman–Crippen LogP) is 4.14. The number of ether oxygens (including phenoxy) is 3. The number of hydrogen-bond donors (Lipinski definition) is 1. The Labute approximate surface area is 245 Å². The minimum Gasteiger partial charge on any atom is -0.490 e. The Kier molecular flexibility index (Phi) is 7.56. The second-order valence-electron chi connectivity index (χ2n) is 9.52. The third-order valence-corrected chi connectivity index (χ3v) is 8.97. The zero-order valence-electron chi connectivity index (χ0n) is 22.3. The van der Waals surface area contributed by atoms with Crippen LogP contribution in [0.25, 0.3) is 10.9 Å². The van der Waals surface area contributed by atoms with Crippen LogP contribution in [0.5, 0.6) is 11.5 Å². The molecule has 1 atom stereocenters. The lowest BCUT2D eigenvalue weighted by Gasteiger charge is -2.30. The van der Waals surface area contributed by atoms with Crippen molar-refractivity contribution >= 4 is 49.9 Å². The molecule has 218 valence electrons. The summed E-state index contributed by atoms with van der Waals surface area (Å²) in [4.78, 5) is 28.3. The Morgan fingerprint density at radius 1 is 1.24 bits per heavy atom. The maximum absolute atomic E-state index is 14.2. The van der Waals surface area contributed by atoms with Gasteiger partial charge in [0.05, 0.1) is 49.0 Å². The zero-order chi connectivity index (χ0) is 29.4. The topological polar surface area (TPSA) is 133 Å². The number of alkyl halides is 1. The Morgan fingerprint density at radius 3 is 2.93 bits per heavy atom. The van der Waals surface area contributed by atoms with Gasteiger partial charge in [-0.05, 0) is 37.3 Å². The van der Waals surface area contributed by atoms with Crippen LogP contribution in [0.2, 0.25) is 5.02 Å². The summed E-state index contributed by atoms with van der Waals surface area (Å²) in [5.74, 6) is 1.84. The predicted molar refractivity (Wildman–Crippen MR) is 152 cm³/mol. The molecule has 3 aromatic heterocycles. The van der Waals surface area contributed by atoms with Crippen LogP contribution in [0.1, 0.15) is 28.5 Å². The van der Waals surface area contributed by atoms with Gasteiger partial charge >= 0.3 is 0 Å². The normalized spacial score (nSPS) is 17.5. The summed E-state index contributed by atoms with van der Waals surface area (Å²) < 4.78 is 56.1. The molecule has 0 fully saturated rings. The summed E-state index contributed by atoms with van der Waals surface area (Å²) in [5, 5.41) is 3.52. The minimum atomic E-state index is -4.36. The molecular weight excluding hydrogens is 589 g/mol. The van der Waals surface area contributed by atoms with Gasteiger partial charge in [0.1, 0.15) is 12.4 Å². The highest BCUT2D eigenvalue weighted by atomic mass is 35.5. The number of anilines is 2. The first kappa shape index (κ1) is 28.1. The van der Waals surface area contributed by atoms with E-state index in [4.69, 9.17) is 30.8 Å². The average Bonchev–Trinajstić information content (AvgIpc) is 3.10. The molecule has 2 aliphatic rings. The van der Waals surface area contributed by atoms with Crippen molar-refractivity contribution in [2.45, 2.75) is 30.5 Å². The van der Waals surface area contributed by atoms with E-state index in [2.05, 4.69) is 15.3 Å². The van der Waals surface area contributed by atoms with E-state index in [0.717, 1.165) is 11.5 Å². The van der Waals surface area contributed by atoms with Crippen LogP contribution < -0.4 is 19.7 Å². The van der Waals surface area contributed by atoms with Gasteiger partial charge in [-0.1, -0.05) is 11.6 Å². The van der Waals surface area contributed by atoms with E-state index in [-0.39, 0.29) is 34.2 Å². The Bertz CT molecular complexity index is 1810. The van der Waals surface area contributed by atoms with Gasteiger partial charge in [-0.2, -0.15) is 0 Å². The fourth-order valence-corrected chi connectivity index (χ4v) is 6.45. The number of aromatic nitrogens is 3. The number of amides is 1. The highest BCUT2D eigenvalue weighted by Crippen LogP contribution is 2.41. The number of carbonyl (C=O) groups is 1. The van der Waals surface area contributed by atoms with Crippen molar-refractivity contribution in [3.05, 3.63) is 70.6 Å². The van der Waals surface area contributed by atoms with Gasteiger partial charge in [-0.3, -0.25) is 9.78 Å². The van der Waals surface area contributed by atoms with E-state index in [1.165, 1.54) is 6.07 Å². The first-order valence-electron chi connectivity index (χ1n) is 13.1. The van der Waals surface area contributed by atoms with Gasteiger partial charge in [0.2, 0.25) is 21.1 Å². The number of benzene rings is 1. The van der Waals surface area contributed by atoms with Gasteiger partial charge in [0.25, 0.3) is 5.91 Å². The molecular formula is C28H25ClFN5O6S. The molecule has 14 heteroatoms. The molecule has 0 radical (unpaired) electrons. The average molecular weight is 614 g/mol. The molecule has 1 N–H and O–H groups in total. The maximum atomic E-state index is 14.2. The van der Waals surface area contributed by atoms with E-state index >= 15 is 0 Å². The molecule has 1 aromatic carbocycles. The van der Waals surface area contributed by atoms with Gasteiger partial charge in [0.15, 0.2) is 11.6 Å². The second kappa shape index (κ2) is 11.3. The molecule has 1 amide bonds. The molecule has 0 saturated heterocycles. The fraction of sp³-hybridized carbons (Fsp3) is 0.286. The molecule has 0 saturated carbocycles. The van der Waals surface area contributed by atoms with Crippen LogP contribution in [0.3, 0.4) is 0 Å². The highest BCUT2D eigenvalue weighted by Gasteiger charge is 2.34. The number of carbonyl (C=O) groups excluding carboxylic acids is 1. The number of pyridine rings is 3. The van der Waals surface area contributed by atoms with Crippen molar-refractivity contribution in [1.29, 1.82) is 0 Å². The molecule has 0 spiro atoms. The molecule has 4 aromatic rings. The number of nitrogens with one attached hydrogen (secondary N) is 1. The number of nitrogens with zero attached hydrogens (tertiary/aromatic N) is 4. The van der Waals surface area contributed by atoms with Gasteiger partial charge < -0.3 is 24.4 Å². The molecule has 5 heterocycles. The summed E-state index contributed by atoms with van der Waals surface area (Å²) in [6.45, 7) is 2.60. The largest absolute Gasteiger partial charge is 0.490 e. The first-order valence-corrected chi connectivity index (χ1v) is 15.0. The van der Waals surface area contributed by atoms with E-state index in [9.17, 15) is 17.6 Å². The van der Waals surface area contributed by atoms with E-state index in [0.29, 0.717) is 54.1 Å². The summed E-state index contributed by atoms with van der Waals surface area (Å²) in [7, 11) is -4.36. The second-order valence-corrected chi connectivity index (χ2v) is 12.0. The number of sulfone groups is 1. The van der Waals surface area contributed by atoms with Crippen LogP contribution >= 0.6 is 11.6 Å². The standard InChI is InChI=1S/C28H25ClFN5O6S/c1-2-40-22-5-6-31-27-26(22)41-8-7-35(27)25-4-3-16-12-32-18(11-21(16)34-25)13-33-28(36)17-9-20(29)19-14-39-15-24(30)42(37,38)23(19)10-17/h3-6,9-12,24H,2,7-8,13-15H2,1H3,(H,33,36)/t24-/m1/s1. The van der Waals surface area contributed by atoms with Crippen LogP contribution in [0, 0.1) is 0 Å². The highest BCUT2D eigenvalue weighted by molar-refractivity contribution is 7.92. The molecule has 42 heavy (non-hydrogen) atoms. The smallest absolute Gasteiger partial charge is 0.251 e. The van der Waals surface area contributed by atoms with Crippen LogP contribution in [-0.4, -0.2) is 61.1 Å². The van der Waals surface area contributed by atoms with Crippen molar-refractivity contribution < 1.29 is 31.8 Å². The quantitative estimate of drug-likeness (QED) is 0.338. The lowest BCUT2D eigenvalue weighted by molar-refractivity contribution is 0.0947. The Hall–Kier alpha value is -4.07. The van der Waals surface area contributed by atoms with E-state index in [1.807, 2.05) is 24.0 Å². The lowest BCUT2D eigenvalue weighted by Crippen LogP contribution is -2.30. The number of rotatable bonds is 6. The molecule has 2 aliphatic heterocycles. The van der Waals surface area contributed by atoms with E-state index in [1.54, 1.807) is 24.5 Å². The molecule has 0 bridgehead atoms. The first-order chi connectivity index (χ1) is 20.3. The summed E-state index contributed by atoms with van der Waals surface area (Å²) in [5.41, 5.74) is -0.985. The number of fused-ring (bicyclic) bond motifs is 3. The van der Waals surface area contributed by atoms with Crippen LogP contribution in [-0.2, 0) is 27.7 Å². The SMILES string of the molecule is CCOc1ccnc2c1OCCN2c1ccc2cnc(CNC(=O)c3cc(Cl)c4c(c3)S(=O)(=O)[C@@H](F)COC4)cc2n1. The molecule has 0 unspecified atom stereocenters. The fourth-order valence-electron chi connectivity index (χ4n) is 4.77. The third-order valence-electron chi connectivity index (χ3n) is 6.84. The van der Waals surface area contributed by atoms with Crippen molar-refractivity contribution in [1.82, 2.24) is 20.3 Å². The maximum Gasteiger partial charge on any atom is 0.251 e. The van der Waals surface area contributed by atoms with Crippen molar-refractivity contribution in [3.8, 4) is 11.5 Å². The number of halogens is 2. The molecule has 6 rings (SSSR count). The summed E-state index contributed by atoms with van der Waals surface area (Å²) in [6, 6.07) is 9.74. The van der Waals surface area contributed by atoms with E-state index < -0.39 is 27.9 Å². The van der Waals surface area contributed by atoms with Crippen molar-refractivity contribution in [2.75, 3.05) is 31.3 Å². The minimum absolute atomic E-state index is 0.00318. The molecule has 11 nitrogen and oxygen atoms in total. The van der Waals surface area contributed by atoms with Crippen molar-refractivity contribution in [3.63, 3.8) is 0 Å². The molecule has 0 aliphatic carbocycles. The monoisotopic (exact) mass is 613 g/mol.